The van der Waals surface area contributed by atoms with Crippen LogP contribution in [-0.4, -0.2) is 21.1 Å². The first-order valence-electron chi connectivity index (χ1n) is 3.06. The molecule has 0 aromatic rings. The van der Waals surface area contributed by atoms with Crippen molar-refractivity contribution < 1.29 is 4.21 Å². The average Bonchev–Trinajstić information content (AvgIpc) is 2.13. The fraction of sp³-hybridized carbons (Fsp3) is 0.667. The minimum Gasteiger partial charge on any atom is -0.238 e. The lowest BCUT2D eigenvalue weighted by Crippen LogP contribution is -2.28. The van der Waals surface area contributed by atoms with Crippen molar-refractivity contribution in [2.45, 2.75) is 19.9 Å². The Kier molecular flexibility index (Phi) is 2.03. The Balaban J connectivity index is 2.56. The van der Waals surface area contributed by atoms with E-state index in [1.165, 1.54) is 0 Å². The minimum absolute atomic E-state index is 0.390. The predicted molar refractivity (Wildman–Crippen MR) is 39.1 cm³/mol. The molecule has 0 N–H and O–H groups in total. The standard InChI is InChI=1S/C6H11NOS/c1-6(2)7-4-3-5-9(7)8/h3,5-6H,4H2,1-2H3. The van der Waals surface area contributed by atoms with Crippen LogP contribution in [0.15, 0.2) is 11.5 Å². The van der Waals surface area contributed by atoms with Crippen LogP contribution in [0.25, 0.3) is 0 Å². The highest BCUT2D eigenvalue weighted by molar-refractivity contribution is 7.85. The van der Waals surface area contributed by atoms with Crippen LogP contribution >= 0.6 is 0 Å². The van der Waals surface area contributed by atoms with E-state index in [9.17, 15) is 4.21 Å². The summed E-state index contributed by atoms with van der Waals surface area (Å²) in [6.45, 7) is 4.93. The molecule has 9 heavy (non-hydrogen) atoms. The Bertz CT molecular complexity index is 153. The van der Waals surface area contributed by atoms with Gasteiger partial charge in [-0.05, 0) is 13.8 Å². The summed E-state index contributed by atoms with van der Waals surface area (Å²) in [4.78, 5) is 0. The molecule has 0 aromatic heterocycles. The van der Waals surface area contributed by atoms with Gasteiger partial charge in [-0.25, -0.2) is 8.51 Å². The van der Waals surface area contributed by atoms with E-state index in [1.54, 1.807) is 5.41 Å². The van der Waals surface area contributed by atoms with Crippen molar-refractivity contribution in [3.63, 3.8) is 0 Å². The quantitative estimate of drug-likeness (QED) is 0.536. The van der Waals surface area contributed by atoms with E-state index in [4.69, 9.17) is 0 Å². The van der Waals surface area contributed by atoms with Gasteiger partial charge in [-0.1, -0.05) is 6.08 Å². The van der Waals surface area contributed by atoms with E-state index in [0.717, 1.165) is 6.54 Å². The number of hydrogen-bond acceptors (Lipinski definition) is 1. The zero-order valence-corrected chi connectivity index (χ0v) is 6.52. The second-order valence-corrected chi connectivity index (χ2v) is 3.63. The summed E-state index contributed by atoms with van der Waals surface area (Å²) < 4.78 is 12.9. The molecule has 1 heterocycles. The van der Waals surface area contributed by atoms with Crippen molar-refractivity contribution in [3.8, 4) is 0 Å². The molecular formula is C6H11NOS. The molecule has 0 saturated carbocycles. The average molecular weight is 145 g/mol. The highest BCUT2D eigenvalue weighted by Crippen LogP contribution is 2.09. The summed E-state index contributed by atoms with van der Waals surface area (Å²) in [7, 11) is -0.838. The van der Waals surface area contributed by atoms with E-state index in [1.807, 2.05) is 24.2 Å². The van der Waals surface area contributed by atoms with Crippen molar-refractivity contribution in [2.24, 2.45) is 0 Å². The third kappa shape index (κ3) is 1.40. The second-order valence-electron chi connectivity index (χ2n) is 2.34. The first-order chi connectivity index (χ1) is 4.22. The molecule has 1 rings (SSSR count). The minimum atomic E-state index is -0.838. The number of rotatable bonds is 1. The molecule has 1 unspecified atom stereocenters. The first-order valence-corrected chi connectivity index (χ1v) is 4.23. The molecule has 0 spiro atoms. The van der Waals surface area contributed by atoms with Gasteiger partial charge in [-0.15, -0.1) is 0 Å². The summed E-state index contributed by atoms with van der Waals surface area (Å²) >= 11 is 0. The molecule has 0 saturated heterocycles. The molecule has 0 bridgehead atoms. The summed E-state index contributed by atoms with van der Waals surface area (Å²) in [5, 5.41) is 1.74. The molecule has 0 fully saturated rings. The lowest BCUT2D eigenvalue weighted by molar-refractivity contribution is 0.421. The first kappa shape index (κ1) is 6.96. The Labute approximate surface area is 58.1 Å². The van der Waals surface area contributed by atoms with Gasteiger partial charge >= 0.3 is 0 Å². The number of hydrogen-bond donors (Lipinski definition) is 0. The van der Waals surface area contributed by atoms with Gasteiger partial charge in [0, 0.05) is 18.0 Å². The molecule has 2 nitrogen and oxygen atoms in total. The maximum Gasteiger partial charge on any atom is 0.120 e. The predicted octanol–water partition coefficient (Wildman–Crippen LogP) is 0.888. The van der Waals surface area contributed by atoms with Gasteiger partial charge in [0.15, 0.2) is 0 Å². The van der Waals surface area contributed by atoms with Crippen LogP contribution in [0.1, 0.15) is 13.8 Å². The van der Waals surface area contributed by atoms with Gasteiger partial charge < -0.3 is 0 Å². The summed E-state index contributed by atoms with van der Waals surface area (Å²) in [5.41, 5.74) is 0. The normalized spacial score (nSPS) is 28.1. The molecule has 0 aromatic carbocycles. The van der Waals surface area contributed by atoms with Crippen LogP contribution in [0.2, 0.25) is 0 Å². The van der Waals surface area contributed by atoms with Gasteiger partial charge in [-0.3, -0.25) is 0 Å². The molecule has 3 heteroatoms. The van der Waals surface area contributed by atoms with Crippen LogP contribution in [-0.2, 0) is 11.0 Å². The summed E-state index contributed by atoms with van der Waals surface area (Å²) in [6, 6.07) is 0.390. The van der Waals surface area contributed by atoms with Crippen molar-refractivity contribution in [3.05, 3.63) is 11.5 Å². The fourth-order valence-electron chi connectivity index (χ4n) is 0.799. The second kappa shape index (κ2) is 2.62. The smallest absolute Gasteiger partial charge is 0.120 e. The topological polar surface area (TPSA) is 20.3 Å². The van der Waals surface area contributed by atoms with Crippen LogP contribution in [0.3, 0.4) is 0 Å². The Hall–Kier alpha value is -0.150. The van der Waals surface area contributed by atoms with E-state index in [2.05, 4.69) is 0 Å². The van der Waals surface area contributed by atoms with Crippen LogP contribution in [0.5, 0.6) is 0 Å². The van der Waals surface area contributed by atoms with Crippen LogP contribution in [0, 0.1) is 0 Å². The van der Waals surface area contributed by atoms with Gasteiger partial charge in [0.1, 0.15) is 11.0 Å². The zero-order valence-electron chi connectivity index (χ0n) is 5.70. The van der Waals surface area contributed by atoms with E-state index < -0.39 is 11.0 Å². The zero-order chi connectivity index (χ0) is 6.85. The molecule has 1 aliphatic rings. The molecule has 52 valence electrons. The van der Waals surface area contributed by atoms with Gasteiger partial charge in [0.05, 0.1) is 0 Å². The lowest BCUT2D eigenvalue weighted by Gasteiger charge is -2.16. The monoisotopic (exact) mass is 145 g/mol. The SMILES string of the molecule is CC(C)N1CC=CS1=O. The van der Waals surface area contributed by atoms with Gasteiger partial charge in [0.25, 0.3) is 0 Å². The highest BCUT2D eigenvalue weighted by atomic mass is 32.2. The van der Waals surface area contributed by atoms with E-state index in [-0.39, 0.29) is 0 Å². The van der Waals surface area contributed by atoms with E-state index >= 15 is 0 Å². The largest absolute Gasteiger partial charge is 0.238 e. The maximum atomic E-state index is 11.0. The third-order valence-corrected chi connectivity index (χ3v) is 2.76. The van der Waals surface area contributed by atoms with Crippen molar-refractivity contribution in [2.75, 3.05) is 6.54 Å². The Morgan fingerprint density at radius 3 is 2.56 bits per heavy atom. The lowest BCUT2D eigenvalue weighted by atomic mass is 10.4. The molecule has 0 aliphatic carbocycles. The van der Waals surface area contributed by atoms with Crippen molar-refractivity contribution >= 4 is 11.0 Å². The highest BCUT2D eigenvalue weighted by Gasteiger charge is 2.16. The maximum absolute atomic E-state index is 11.0. The summed E-state index contributed by atoms with van der Waals surface area (Å²) in [5.74, 6) is 0. The fourth-order valence-corrected chi connectivity index (χ4v) is 1.86. The summed E-state index contributed by atoms with van der Waals surface area (Å²) in [6.07, 6.45) is 1.94. The Morgan fingerprint density at radius 2 is 2.33 bits per heavy atom. The van der Waals surface area contributed by atoms with Crippen LogP contribution < -0.4 is 0 Å². The van der Waals surface area contributed by atoms with E-state index in [0.29, 0.717) is 6.04 Å². The molecule has 0 amide bonds. The molecule has 1 aliphatic heterocycles. The van der Waals surface area contributed by atoms with Gasteiger partial charge in [0.2, 0.25) is 0 Å². The van der Waals surface area contributed by atoms with Crippen molar-refractivity contribution in [1.29, 1.82) is 0 Å². The van der Waals surface area contributed by atoms with Crippen molar-refractivity contribution in [1.82, 2.24) is 4.31 Å². The molecule has 0 radical (unpaired) electrons. The van der Waals surface area contributed by atoms with Gasteiger partial charge in [-0.2, -0.15) is 0 Å². The van der Waals surface area contributed by atoms with Crippen LogP contribution in [0.4, 0.5) is 0 Å². The Morgan fingerprint density at radius 1 is 1.67 bits per heavy atom. The molecule has 1 atom stereocenters. The third-order valence-electron chi connectivity index (χ3n) is 1.31. The molecular weight excluding hydrogens is 134 g/mol. The number of nitrogens with zero attached hydrogens (tertiary/aromatic N) is 1.